The summed E-state index contributed by atoms with van der Waals surface area (Å²) in [5.41, 5.74) is 2.90. The van der Waals surface area contributed by atoms with Gasteiger partial charge in [-0.2, -0.15) is 0 Å². The average molecular weight is 300 g/mol. The maximum absolute atomic E-state index is 11.9. The van der Waals surface area contributed by atoms with E-state index in [2.05, 4.69) is 33.8 Å². The molecule has 5 atom stereocenters. The predicted molar refractivity (Wildman–Crippen MR) is 90.5 cm³/mol. The third-order valence-corrected chi connectivity index (χ3v) is 8.95. The number of fused-ring (bicyclic) bond motifs is 5. The van der Waals surface area contributed by atoms with Crippen molar-refractivity contribution in [3.8, 4) is 0 Å². The van der Waals surface area contributed by atoms with Crippen molar-refractivity contribution >= 4 is 5.78 Å². The van der Waals surface area contributed by atoms with Crippen LogP contribution >= 0.6 is 0 Å². The highest BCUT2D eigenvalue weighted by atomic mass is 16.1. The van der Waals surface area contributed by atoms with Gasteiger partial charge in [0, 0.05) is 12.8 Å². The van der Waals surface area contributed by atoms with Crippen LogP contribution in [0.4, 0.5) is 0 Å². The number of ketones is 1. The normalized spacial score (nSPS) is 49.9. The van der Waals surface area contributed by atoms with Gasteiger partial charge >= 0.3 is 0 Å². The van der Waals surface area contributed by atoms with Crippen LogP contribution in [0.15, 0.2) is 11.6 Å². The van der Waals surface area contributed by atoms with Crippen molar-refractivity contribution in [1.29, 1.82) is 0 Å². The lowest BCUT2D eigenvalue weighted by atomic mass is 9.46. The van der Waals surface area contributed by atoms with Gasteiger partial charge in [-0.1, -0.05) is 39.3 Å². The molecular formula is C21H32O. The molecule has 0 aromatic rings. The molecular weight excluding hydrogens is 268 g/mol. The molecule has 4 rings (SSSR count). The summed E-state index contributed by atoms with van der Waals surface area (Å²) in [5, 5.41) is 0. The quantitative estimate of drug-likeness (QED) is 0.536. The first-order valence-electron chi connectivity index (χ1n) is 9.49. The monoisotopic (exact) mass is 300 g/mol. The third kappa shape index (κ3) is 1.74. The Morgan fingerprint density at radius 1 is 1.00 bits per heavy atom. The van der Waals surface area contributed by atoms with E-state index in [4.69, 9.17) is 0 Å². The van der Waals surface area contributed by atoms with E-state index in [9.17, 15) is 4.79 Å². The van der Waals surface area contributed by atoms with Gasteiger partial charge in [0.15, 0.2) is 0 Å². The third-order valence-electron chi connectivity index (χ3n) is 8.95. The fourth-order valence-electron chi connectivity index (χ4n) is 6.97. The maximum atomic E-state index is 11.9. The Hall–Kier alpha value is -0.590. The molecule has 4 aliphatic carbocycles. The smallest absolute Gasteiger partial charge is 0.136 e. The number of Topliss-reactive ketones (excluding diaryl/α,β-unsaturated/α-hetero) is 1. The zero-order valence-electron chi connectivity index (χ0n) is 14.9. The van der Waals surface area contributed by atoms with E-state index in [0.29, 0.717) is 22.0 Å². The molecule has 0 radical (unpaired) electrons. The Morgan fingerprint density at radius 3 is 2.50 bits per heavy atom. The maximum Gasteiger partial charge on any atom is 0.136 e. The highest BCUT2D eigenvalue weighted by Crippen LogP contribution is 2.69. The van der Waals surface area contributed by atoms with Gasteiger partial charge in [-0.25, -0.2) is 0 Å². The van der Waals surface area contributed by atoms with Gasteiger partial charge in [0.05, 0.1) is 0 Å². The largest absolute Gasteiger partial charge is 0.299 e. The minimum absolute atomic E-state index is 0.338. The average Bonchev–Trinajstić information content (AvgIpc) is 2.70. The Kier molecular flexibility index (Phi) is 3.05. The van der Waals surface area contributed by atoms with Crippen molar-refractivity contribution in [3.63, 3.8) is 0 Å². The van der Waals surface area contributed by atoms with Crippen LogP contribution in [0.1, 0.15) is 79.1 Å². The van der Waals surface area contributed by atoms with Crippen LogP contribution in [0.3, 0.4) is 0 Å². The molecule has 0 aliphatic heterocycles. The van der Waals surface area contributed by atoms with Crippen molar-refractivity contribution in [2.45, 2.75) is 79.1 Å². The lowest BCUT2D eigenvalue weighted by Crippen LogP contribution is -2.51. The first kappa shape index (κ1) is 15.0. The number of carbonyl (C=O) groups excluding carboxylic acids is 1. The summed E-state index contributed by atoms with van der Waals surface area (Å²) >= 11 is 0. The summed E-state index contributed by atoms with van der Waals surface area (Å²) < 4.78 is 0. The fourth-order valence-corrected chi connectivity index (χ4v) is 6.97. The van der Waals surface area contributed by atoms with Crippen LogP contribution in [-0.2, 0) is 4.79 Å². The molecule has 0 aromatic carbocycles. The van der Waals surface area contributed by atoms with E-state index >= 15 is 0 Å². The second kappa shape index (κ2) is 4.48. The van der Waals surface area contributed by atoms with Gasteiger partial charge in [-0.3, -0.25) is 4.79 Å². The number of hydrogen-bond donors (Lipinski definition) is 0. The van der Waals surface area contributed by atoms with Crippen molar-refractivity contribution in [2.24, 2.45) is 34.0 Å². The SMILES string of the molecule is CC12CCC(=O)CC1=CCC1C2CCC2(C)C1CCC2(C)C. The molecule has 1 nitrogen and oxygen atoms in total. The number of hydrogen-bond acceptors (Lipinski definition) is 1. The highest BCUT2D eigenvalue weighted by molar-refractivity contribution is 5.82. The van der Waals surface area contributed by atoms with Crippen LogP contribution in [0.2, 0.25) is 0 Å². The Morgan fingerprint density at radius 2 is 1.73 bits per heavy atom. The van der Waals surface area contributed by atoms with Gasteiger partial charge < -0.3 is 0 Å². The van der Waals surface area contributed by atoms with E-state index in [0.717, 1.165) is 37.0 Å². The Balaban J connectivity index is 1.70. The Bertz CT molecular complexity index is 542. The molecule has 3 fully saturated rings. The van der Waals surface area contributed by atoms with Crippen LogP contribution in [0.5, 0.6) is 0 Å². The van der Waals surface area contributed by atoms with Crippen LogP contribution in [0.25, 0.3) is 0 Å². The number of allylic oxidation sites excluding steroid dienone is 2. The molecule has 5 unspecified atom stereocenters. The summed E-state index contributed by atoms with van der Waals surface area (Å²) in [6.07, 6.45) is 12.1. The molecule has 0 heterocycles. The summed E-state index contributed by atoms with van der Waals surface area (Å²) in [5.74, 6) is 3.10. The van der Waals surface area contributed by atoms with Gasteiger partial charge in [0.25, 0.3) is 0 Å². The summed E-state index contributed by atoms with van der Waals surface area (Å²) in [7, 11) is 0. The minimum Gasteiger partial charge on any atom is -0.299 e. The molecule has 0 bridgehead atoms. The zero-order valence-corrected chi connectivity index (χ0v) is 14.9. The van der Waals surface area contributed by atoms with Gasteiger partial charge in [0.2, 0.25) is 0 Å². The van der Waals surface area contributed by atoms with Crippen LogP contribution in [0, 0.1) is 34.0 Å². The van der Waals surface area contributed by atoms with E-state index in [1.807, 2.05) is 0 Å². The Labute approximate surface area is 135 Å². The van der Waals surface area contributed by atoms with Gasteiger partial charge in [0.1, 0.15) is 5.78 Å². The first-order chi connectivity index (χ1) is 10.3. The van der Waals surface area contributed by atoms with E-state index in [1.54, 1.807) is 0 Å². The molecule has 0 saturated heterocycles. The number of rotatable bonds is 0. The topological polar surface area (TPSA) is 17.1 Å². The molecule has 0 spiro atoms. The van der Waals surface area contributed by atoms with E-state index < -0.39 is 0 Å². The van der Waals surface area contributed by atoms with E-state index in [-0.39, 0.29) is 0 Å². The molecule has 0 amide bonds. The first-order valence-corrected chi connectivity index (χ1v) is 9.49. The minimum atomic E-state index is 0.338. The predicted octanol–water partition coefficient (Wildman–Crippen LogP) is 5.54. The molecule has 0 aromatic heterocycles. The van der Waals surface area contributed by atoms with Crippen LogP contribution < -0.4 is 0 Å². The van der Waals surface area contributed by atoms with Crippen molar-refractivity contribution in [1.82, 2.24) is 0 Å². The molecule has 122 valence electrons. The molecule has 4 aliphatic rings. The molecule has 1 heteroatoms. The molecule has 0 N–H and O–H groups in total. The summed E-state index contributed by atoms with van der Waals surface area (Å²) in [6, 6.07) is 0. The zero-order chi connectivity index (χ0) is 15.8. The van der Waals surface area contributed by atoms with E-state index in [1.165, 1.54) is 37.7 Å². The highest BCUT2D eigenvalue weighted by Gasteiger charge is 2.60. The van der Waals surface area contributed by atoms with Gasteiger partial charge in [-0.15, -0.1) is 0 Å². The fraction of sp³-hybridized carbons (Fsp3) is 0.857. The van der Waals surface area contributed by atoms with Crippen LogP contribution in [-0.4, -0.2) is 5.78 Å². The summed E-state index contributed by atoms with van der Waals surface area (Å²) in [4.78, 5) is 11.9. The lowest BCUT2D eigenvalue weighted by molar-refractivity contribution is -0.122. The van der Waals surface area contributed by atoms with Crippen molar-refractivity contribution in [2.75, 3.05) is 0 Å². The lowest BCUT2D eigenvalue weighted by Gasteiger charge is -2.58. The second-order valence-corrected chi connectivity index (χ2v) is 9.85. The second-order valence-electron chi connectivity index (χ2n) is 9.85. The summed E-state index contributed by atoms with van der Waals surface area (Å²) in [6.45, 7) is 10.1. The molecule has 22 heavy (non-hydrogen) atoms. The van der Waals surface area contributed by atoms with Crippen molar-refractivity contribution in [3.05, 3.63) is 11.6 Å². The number of carbonyl (C=O) groups is 1. The van der Waals surface area contributed by atoms with Crippen molar-refractivity contribution < 1.29 is 4.79 Å². The molecule has 3 saturated carbocycles. The van der Waals surface area contributed by atoms with Gasteiger partial charge in [-0.05, 0) is 72.5 Å². The standard InChI is InChI=1S/C21H32O/c1-19(2)10-8-18-16-6-5-14-13-15(22)7-11-20(14,3)17(16)9-12-21(18,19)4/h5,16-18H,6-13H2,1-4H3.